The van der Waals surface area contributed by atoms with Crippen LogP contribution in [0.4, 0.5) is 5.69 Å². The van der Waals surface area contributed by atoms with Gasteiger partial charge >= 0.3 is 0 Å². The third-order valence-corrected chi connectivity index (χ3v) is 3.98. The van der Waals surface area contributed by atoms with E-state index in [0.29, 0.717) is 0 Å². The number of fused-ring (bicyclic) bond motifs is 1. The number of hydrogen-bond donors (Lipinski definition) is 3. The van der Waals surface area contributed by atoms with E-state index in [4.69, 9.17) is 0 Å². The van der Waals surface area contributed by atoms with Crippen molar-refractivity contribution in [1.82, 2.24) is 5.32 Å². The van der Waals surface area contributed by atoms with Crippen LogP contribution in [0.25, 0.3) is 0 Å². The highest BCUT2D eigenvalue weighted by Crippen LogP contribution is 2.34. The number of rotatable bonds is 5. The number of hydrogen-bond acceptors (Lipinski definition) is 3. The molecule has 5 nitrogen and oxygen atoms in total. The molecular formula is C18H18N2O3. The molecule has 5 heteroatoms. The molecule has 0 fully saturated rings. The summed E-state index contributed by atoms with van der Waals surface area (Å²) < 4.78 is 0. The van der Waals surface area contributed by atoms with E-state index in [2.05, 4.69) is 10.6 Å². The lowest BCUT2D eigenvalue weighted by Crippen LogP contribution is -2.30. The summed E-state index contributed by atoms with van der Waals surface area (Å²) in [4.78, 5) is 24.1. The second-order valence-corrected chi connectivity index (χ2v) is 5.56. The minimum Gasteiger partial charge on any atom is -0.387 e. The predicted molar refractivity (Wildman–Crippen MR) is 86.8 cm³/mol. The predicted octanol–water partition coefficient (Wildman–Crippen LogP) is 1.96. The van der Waals surface area contributed by atoms with Gasteiger partial charge in [0.05, 0.1) is 12.0 Å². The first-order chi connectivity index (χ1) is 11.1. The summed E-state index contributed by atoms with van der Waals surface area (Å²) in [6, 6.07) is 16.5. The molecule has 0 aromatic heterocycles. The van der Waals surface area contributed by atoms with Crippen molar-refractivity contribution in [1.29, 1.82) is 0 Å². The highest BCUT2D eigenvalue weighted by atomic mass is 16.3. The summed E-state index contributed by atoms with van der Waals surface area (Å²) in [6.45, 7) is 0.124. The van der Waals surface area contributed by atoms with E-state index >= 15 is 0 Å². The van der Waals surface area contributed by atoms with Gasteiger partial charge in [0, 0.05) is 18.7 Å². The average Bonchev–Trinajstić information content (AvgIpc) is 2.89. The van der Waals surface area contributed by atoms with Gasteiger partial charge in [-0.25, -0.2) is 0 Å². The quantitative estimate of drug-likeness (QED) is 0.790. The van der Waals surface area contributed by atoms with Gasteiger partial charge in [-0.1, -0.05) is 48.5 Å². The first-order valence-electron chi connectivity index (χ1n) is 7.54. The summed E-state index contributed by atoms with van der Waals surface area (Å²) >= 11 is 0. The van der Waals surface area contributed by atoms with Crippen molar-refractivity contribution < 1.29 is 14.7 Å². The minimum atomic E-state index is -0.759. The minimum absolute atomic E-state index is 0.0738. The molecule has 2 aromatic rings. The van der Waals surface area contributed by atoms with Crippen molar-refractivity contribution in [3.05, 3.63) is 65.7 Å². The maximum absolute atomic E-state index is 12.1. The fourth-order valence-corrected chi connectivity index (χ4v) is 2.74. The Labute approximate surface area is 134 Å². The highest BCUT2D eigenvalue weighted by molar-refractivity contribution is 6.04. The molecule has 0 saturated heterocycles. The molecule has 0 saturated carbocycles. The van der Waals surface area contributed by atoms with Crippen LogP contribution in [-0.4, -0.2) is 23.5 Å². The van der Waals surface area contributed by atoms with Gasteiger partial charge in [-0.15, -0.1) is 0 Å². The van der Waals surface area contributed by atoms with E-state index in [0.717, 1.165) is 16.8 Å². The highest BCUT2D eigenvalue weighted by Gasteiger charge is 2.31. The van der Waals surface area contributed by atoms with Crippen molar-refractivity contribution in [2.75, 3.05) is 11.9 Å². The van der Waals surface area contributed by atoms with Crippen LogP contribution >= 0.6 is 0 Å². The Morgan fingerprint density at radius 3 is 2.61 bits per heavy atom. The monoisotopic (exact) mass is 310 g/mol. The zero-order valence-electron chi connectivity index (χ0n) is 12.5. The Kier molecular flexibility index (Phi) is 4.39. The van der Waals surface area contributed by atoms with Crippen LogP contribution in [0.3, 0.4) is 0 Å². The molecule has 3 rings (SSSR count). The lowest BCUT2D eigenvalue weighted by Gasteiger charge is -2.13. The Hall–Kier alpha value is -2.66. The van der Waals surface area contributed by atoms with E-state index in [-0.39, 0.29) is 24.8 Å². The smallest absolute Gasteiger partial charge is 0.232 e. The van der Waals surface area contributed by atoms with Crippen LogP contribution in [0, 0.1) is 0 Å². The van der Waals surface area contributed by atoms with Gasteiger partial charge in [-0.2, -0.15) is 0 Å². The number of para-hydroxylation sites is 1. The number of amides is 2. The van der Waals surface area contributed by atoms with Crippen LogP contribution in [0.5, 0.6) is 0 Å². The second-order valence-electron chi connectivity index (χ2n) is 5.56. The fourth-order valence-electron chi connectivity index (χ4n) is 2.74. The van der Waals surface area contributed by atoms with Crippen molar-refractivity contribution in [2.45, 2.75) is 18.4 Å². The first-order valence-corrected chi connectivity index (χ1v) is 7.54. The van der Waals surface area contributed by atoms with Gasteiger partial charge in [0.15, 0.2) is 0 Å². The number of anilines is 1. The van der Waals surface area contributed by atoms with Crippen molar-refractivity contribution in [3.63, 3.8) is 0 Å². The second kappa shape index (κ2) is 6.62. The molecule has 2 unspecified atom stereocenters. The van der Waals surface area contributed by atoms with Crippen molar-refractivity contribution >= 4 is 17.5 Å². The molecule has 2 amide bonds. The standard InChI is InChI=1S/C18H18N2O3/c21-16(12-6-2-1-3-7-12)11-19-17(22)10-14-13-8-4-5-9-15(13)20-18(14)23/h1-9,14,16,21H,10-11H2,(H,19,22)(H,20,23). The third kappa shape index (κ3) is 3.40. The zero-order chi connectivity index (χ0) is 16.2. The SMILES string of the molecule is O=C(CC1C(=O)Nc2ccccc21)NCC(O)c1ccccc1. The van der Waals surface area contributed by atoms with Crippen molar-refractivity contribution in [3.8, 4) is 0 Å². The first kappa shape index (κ1) is 15.2. The zero-order valence-corrected chi connectivity index (χ0v) is 12.5. The van der Waals surface area contributed by atoms with Crippen molar-refractivity contribution in [2.24, 2.45) is 0 Å². The normalized spacial score (nSPS) is 17.3. The number of nitrogens with one attached hydrogen (secondary N) is 2. The third-order valence-electron chi connectivity index (χ3n) is 3.98. The van der Waals surface area contributed by atoms with Crippen LogP contribution < -0.4 is 10.6 Å². The van der Waals surface area contributed by atoms with E-state index in [9.17, 15) is 14.7 Å². The molecule has 3 N–H and O–H groups in total. The summed E-state index contributed by atoms with van der Waals surface area (Å²) in [7, 11) is 0. The Morgan fingerprint density at radius 2 is 1.83 bits per heavy atom. The van der Waals surface area contributed by atoms with Crippen LogP contribution in [0.15, 0.2) is 54.6 Å². The topological polar surface area (TPSA) is 78.4 Å². The summed E-state index contributed by atoms with van der Waals surface area (Å²) in [5, 5.41) is 15.5. The molecule has 1 aliphatic rings. The van der Waals surface area contributed by atoms with Crippen LogP contribution in [0.1, 0.15) is 29.6 Å². The molecule has 0 spiro atoms. The number of benzene rings is 2. The molecule has 1 aliphatic heterocycles. The Balaban J connectivity index is 1.57. The molecular weight excluding hydrogens is 292 g/mol. The summed E-state index contributed by atoms with van der Waals surface area (Å²) in [6.07, 6.45) is -0.686. The summed E-state index contributed by atoms with van der Waals surface area (Å²) in [5.41, 5.74) is 2.35. The van der Waals surface area contributed by atoms with Gasteiger partial charge in [0.1, 0.15) is 0 Å². The van der Waals surface area contributed by atoms with E-state index < -0.39 is 12.0 Å². The van der Waals surface area contributed by atoms with E-state index in [1.54, 1.807) is 12.1 Å². The molecule has 0 bridgehead atoms. The maximum Gasteiger partial charge on any atom is 0.232 e. The Bertz CT molecular complexity index is 715. The summed E-state index contributed by atoms with van der Waals surface area (Å²) in [5.74, 6) is -0.887. The lowest BCUT2D eigenvalue weighted by atomic mass is 9.97. The van der Waals surface area contributed by atoms with E-state index in [1.165, 1.54) is 0 Å². The number of aliphatic hydroxyl groups excluding tert-OH is 1. The lowest BCUT2D eigenvalue weighted by molar-refractivity contribution is -0.125. The molecule has 23 heavy (non-hydrogen) atoms. The van der Waals surface area contributed by atoms with Gasteiger partial charge in [0.2, 0.25) is 11.8 Å². The van der Waals surface area contributed by atoms with Gasteiger partial charge < -0.3 is 15.7 Å². The number of carbonyl (C=O) groups is 2. The van der Waals surface area contributed by atoms with Gasteiger partial charge in [0.25, 0.3) is 0 Å². The van der Waals surface area contributed by atoms with Crippen LogP contribution in [0.2, 0.25) is 0 Å². The molecule has 2 aromatic carbocycles. The number of carbonyl (C=O) groups excluding carboxylic acids is 2. The molecule has 118 valence electrons. The Morgan fingerprint density at radius 1 is 1.13 bits per heavy atom. The van der Waals surface area contributed by atoms with Crippen LogP contribution in [-0.2, 0) is 9.59 Å². The average molecular weight is 310 g/mol. The largest absolute Gasteiger partial charge is 0.387 e. The molecule has 2 atom stereocenters. The molecule has 0 radical (unpaired) electrons. The van der Waals surface area contributed by atoms with Gasteiger partial charge in [-0.05, 0) is 17.2 Å². The number of aliphatic hydroxyl groups is 1. The van der Waals surface area contributed by atoms with E-state index in [1.807, 2.05) is 42.5 Å². The van der Waals surface area contributed by atoms with Gasteiger partial charge in [-0.3, -0.25) is 9.59 Å². The molecule has 1 heterocycles. The maximum atomic E-state index is 12.1. The molecule has 0 aliphatic carbocycles. The fraction of sp³-hybridized carbons (Fsp3) is 0.222.